The third-order valence-corrected chi connectivity index (χ3v) is 3.31. The molecule has 0 aliphatic heterocycles. The van der Waals surface area contributed by atoms with Crippen molar-refractivity contribution in [2.24, 2.45) is 0 Å². The number of amides is 1. The standard InChI is InChI=1S/C14H16F2N2O/c1-8-9(2)17-12-5-4-10(6-11(8)12)14(19)18(3)7-13(15)16/h4-6,13,17H,7H2,1-3H3. The first-order valence-electron chi connectivity index (χ1n) is 6.02. The van der Waals surface area contributed by atoms with E-state index >= 15 is 0 Å². The van der Waals surface area contributed by atoms with Gasteiger partial charge in [0.15, 0.2) is 0 Å². The van der Waals surface area contributed by atoms with E-state index in [0.717, 1.165) is 27.1 Å². The number of H-pyrrole nitrogens is 1. The average molecular weight is 266 g/mol. The van der Waals surface area contributed by atoms with Crippen LogP contribution in [0.25, 0.3) is 10.9 Å². The van der Waals surface area contributed by atoms with E-state index < -0.39 is 13.0 Å². The molecule has 3 nitrogen and oxygen atoms in total. The summed E-state index contributed by atoms with van der Waals surface area (Å²) in [6.07, 6.45) is -2.52. The lowest BCUT2D eigenvalue weighted by atomic mass is 10.1. The molecule has 0 bridgehead atoms. The Balaban J connectivity index is 2.35. The fourth-order valence-electron chi connectivity index (χ4n) is 2.10. The third kappa shape index (κ3) is 2.59. The molecule has 0 spiro atoms. The normalized spacial score (nSPS) is 11.3. The van der Waals surface area contributed by atoms with Crippen LogP contribution in [0.1, 0.15) is 21.6 Å². The zero-order chi connectivity index (χ0) is 14.2. The highest BCUT2D eigenvalue weighted by Gasteiger charge is 2.16. The van der Waals surface area contributed by atoms with Crippen LogP contribution >= 0.6 is 0 Å². The Morgan fingerprint density at radius 1 is 1.37 bits per heavy atom. The molecule has 1 aromatic carbocycles. The summed E-state index contributed by atoms with van der Waals surface area (Å²) >= 11 is 0. The molecule has 0 aliphatic carbocycles. The number of rotatable bonds is 3. The molecule has 1 amide bonds. The molecule has 102 valence electrons. The number of alkyl halides is 2. The number of fused-ring (bicyclic) bond motifs is 1. The van der Waals surface area contributed by atoms with Crippen LogP contribution in [0.2, 0.25) is 0 Å². The van der Waals surface area contributed by atoms with Crippen LogP contribution in [0, 0.1) is 13.8 Å². The maximum atomic E-state index is 12.3. The number of aryl methyl sites for hydroxylation is 2. The van der Waals surface area contributed by atoms with Crippen molar-refractivity contribution in [1.29, 1.82) is 0 Å². The van der Waals surface area contributed by atoms with E-state index in [2.05, 4.69) is 4.98 Å². The summed E-state index contributed by atoms with van der Waals surface area (Å²) in [4.78, 5) is 16.3. The van der Waals surface area contributed by atoms with Gasteiger partial charge >= 0.3 is 0 Å². The summed E-state index contributed by atoms with van der Waals surface area (Å²) in [5.41, 5.74) is 3.49. The largest absolute Gasteiger partial charge is 0.358 e. The summed E-state index contributed by atoms with van der Waals surface area (Å²) in [5, 5.41) is 0.953. The number of benzene rings is 1. The lowest BCUT2D eigenvalue weighted by Crippen LogP contribution is -2.31. The number of halogens is 2. The number of aromatic nitrogens is 1. The molecule has 0 radical (unpaired) electrons. The van der Waals surface area contributed by atoms with Gasteiger partial charge in [0.2, 0.25) is 0 Å². The molecule has 0 saturated heterocycles. The van der Waals surface area contributed by atoms with Gasteiger partial charge in [0, 0.05) is 29.2 Å². The second-order valence-corrected chi connectivity index (χ2v) is 4.71. The number of carbonyl (C=O) groups is 1. The quantitative estimate of drug-likeness (QED) is 0.910. The van der Waals surface area contributed by atoms with Crippen LogP contribution in [0.3, 0.4) is 0 Å². The summed E-state index contributed by atoms with van der Waals surface area (Å²) in [7, 11) is 1.38. The molecule has 1 aromatic heterocycles. The molecule has 5 heteroatoms. The van der Waals surface area contributed by atoms with Gasteiger partial charge in [0.05, 0.1) is 6.54 Å². The molecule has 0 aliphatic rings. The van der Waals surface area contributed by atoms with Gasteiger partial charge in [-0.05, 0) is 37.6 Å². The Kier molecular flexibility index (Phi) is 3.55. The molecule has 0 saturated carbocycles. The fraction of sp³-hybridized carbons (Fsp3) is 0.357. The summed E-state index contributed by atoms with van der Waals surface area (Å²) in [6.45, 7) is 3.37. The molecule has 1 N–H and O–H groups in total. The SMILES string of the molecule is Cc1[nH]c2ccc(C(=O)N(C)CC(F)F)cc2c1C. The lowest BCUT2D eigenvalue weighted by Gasteiger charge is -2.16. The lowest BCUT2D eigenvalue weighted by molar-refractivity contribution is 0.0620. The van der Waals surface area contributed by atoms with E-state index in [9.17, 15) is 13.6 Å². The Hall–Kier alpha value is -1.91. The molecule has 0 unspecified atom stereocenters. The van der Waals surface area contributed by atoms with Crippen molar-refractivity contribution in [3.05, 3.63) is 35.0 Å². The minimum absolute atomic E-state index is 0.388. The summed E-state index contributed by atoms with van der Waals surface area (Å²) in [6, 6.07) is 5.21. The van der Waals surface area contributed by atoms with Crippen LogP contribution in [0.5, 0.6) is 0 Å². The third-order valence-electron chi connectivity index (χ3n) is 3.31. The maximum Gasteiger partial charge on any atom is 0.255 e. The highest BCUT2D eigenvalue weighted by Crippen LogP contribution is 2.23. The highest BCUT2D eigenvalue weighted by molar-refractivity contribution is 5.98. The smallest absolute Gasteiger partial charge is 0.255 e. The van der Waals surface area contributed by atoms with Gasteiger partial charge in [-0.25, -0.2) is 8.78 Å². The monoisotopic (exact) mass is 266 g/mol. The van der Waals surface area contributed by atoms with E-state index in [1.54, 1.807) is 18.2 Å². The van der Waals surface area contributed by atoms with Gasteiger partial charge in [-0.15, -0.1) is 0 Å². The van der Waals surface area contributed by atoms with Crippen LogP contribution in [-0.2, 0) is 0 Å². The van der Waals surface area contributed by atoms with Gasteiger partial charge in [-0.1, -0.05) is 0 Å². The van der Waals surface area contributed by atoms with Gasteiger partial charge in [-0.2, -0.15) is 0 Å². The van der Waals surface area contributed by atoms with E-state index in [1.807, 2.05) is 13.8 Å². The Labute approximate surface area is 110 Å². The average Bonchev–Trinajstić information content (AvgIpc) is 2.63. The first kappa shape index (κ1) is 13.5. The van der Waals surface area contributed by atoms with Crippen molar-refractivity contribution in [1.82, 2.24) is 9.88 Å². The number of hydrogen-bond acceptors (Lipinski definition) is 1. The van der Waals surface area contributed by atoms with Gasteiger partial charge < -0.3 is 9.88 Å². The van der Waals surface area contributed by atoms with Crippen molar-refractivity contribution < 1.29 is 13.6 Å². The van der Waals surface area contributed by atoms with Crippen molar-refractivity contribution in [2.75, 3.05) is 13.6 Å². The highest BCUT2D eigenvalue weighted by atomic mass is 19.3. The van der Waals surface area contributed by atoms with Crippen LogP contribution < -0.4 is 0 Å². The van der Waals surface area contributed by atoms with Crippen molar-refractivity contribution in [2.45, 2.75) is 20.3 Å². The van der Waals surface area contributed by atoms with E-state index in [-0.39, 0.29) is 5.91 Å². The minimum Gasteiger partial charge on any atom is -0.358 e. The first-order chi connectivity index (χ1) is 8.90. The Morgan fingerprint density at radius 3 is 2.68 bits per heavy atom. The van der Waals surface area contributed by atoms with E-state index in [1.165, 1.54) is 7.05 Å². The summed E-state index contributed by atoms with van der Waals surface area (Å²) < 4.78 is 24.6. The topological polar surface area (TPSA) is 36.1 Å². The second kappa shape index (κ2) is 4.99. The molecule has 19 heavy (non-hydrogen) atoms. The molecule has 0 fully saturated rings. The predicted molar refractivity (Wildman–Crippen MR) is 70.7 cm³/mol. The van der Waals surface area contributed by atoms with Crippen LogP contribution in [-0.4, -0.2) is 35.8 Å². The van der Waals surface area contributed by atoms with Crippen molar-refractivity contribution in [3.63, 3.8) is 0 Å². The minimum atomic E-state index is -2.52. The number of hydrogen-bond donors (Lipinski definition) is 1. The Bertz CT molecular complexity index is 619. The molecule has 2 aromatic rings. The van der Waals surface area contributed by atoms with Gasteiger partial charge in [0.1, 0.15) is 0 Å². The van der Waals surface area contributed by atoms with Crippen LogP contribution in [0.4, 0.5) is 8.78 Å². The number of nitrogens with zero attached hydrogens (tertiary/aromatic N) is 1. The van der Waals surface area contributed by atoms with Crippen molar-refractivity contribution in [3.8, 4) is 0 Å². The van der Waals surface area contributed by atoms with Gasteiger partial charge in [0.25, 0.3) is 12.3 Å². The molecule has 1 heterocycles. The zero-order valence-corrected chi connectivity index (χ0v) is 11.1. The molecule has 2 rings (SSSR count). The molecule has 0 atom stereocenters. The van der Waals surface area contributed by atoms with E-state index in [0.29, 0.717) is 5.56 Å². The van der Waals surface area contributed by atoms with Crippen LogP contribution in [0.15, 0.2) is 18.2 Å². The van der Waals surface area contributed by atoms with Crippen molar-refractivity contribution >= 4 is 16.8 Å². The number of nitrogens with one attached hydrogen (secondary N) is 1. The Morgan fingerprint density at radius 2 is 2.05 bits per heavy atom. The second-order valence-electron chi connectivity index (χ2n) is 4.71. The number of aromatic amines is 1. The molecular weight excluding hydrogens is 250 g/mol. The van der Waals surface area contributed by atoms with Gasteiger partial charge in [-0.3, -0.25) is 4.79 Å². The summed E-state index contributed by atoms with van der Waals surface area (Å²) in [5.74, 6) is -0.388. The van der Waals surface area contributed by atoms with E-state index in [4.69, 9.17) is 0 Å². The predicted octanol–water partition coefficient (Wildman–Crippen LogP) is 3.12. The fourth-order valence-corrected chi connectivity index (χ4v) is 2.10. The zero-order valence-electron chi connectivity index (χ0n) is 11.1. The first-order valence-corrected chi connectivity index (χ1v) is 6.02. The maximum absolute atomic E-state index is 12.3. The molecular formula is C14H16F2N2O. The number of carbonyl (C=O) groups excluding carboxylic acids is 1.